The van der Waals surface area contributed by atoms with Gasteiger partial charge in [-0.3, -0.25) is 4.90 Å². The Morgan fingerprint density at radius 1 is 1.11 bits per heavy atom. The van der Waals surface area contributed by atoms with E-state index in [1.54, 1.807) is 0 Å². The fourth-order valence-corrected chi connectivity index (χ4v) is 4.26. The smallest absolute Gasteiger partial charge is 0.248 e. The van der Waals surface area contributed by atoms with Crippen molar-refractivity contribution < 1.29 is 13.9 Å². The van der Waals surface area contributed by atoms with Gasteiger partial charge in [-0.15, -0.1) is 10.2 Å². The first-order valence-electron chi connectivity index (χ1n) is 9.69. The van der Waals surface area contributed by atoms with Crippen molar-refractivity contribution >= 4 is 26.8 Å². The molecule has 5 rings (SSSR count). The molecule has 0 N–H and O–H groups in total. The molecule has 0 bridgehead atoms. The minimum atomic E-state index is -0.0204. The zero-order valence-electron chi connectivity index (χ0n) is 15.5. The lowest BCUT2D eigenvalue weighted by molar-refractivity contribution is -0.0366. The molecule has 2 aliphatic rings. The largest absolute Gasteiger partial charge is 0.419 e. The lowest BCUT2D eigenvalue weighted by atomic mass is 10.1. The van der Waals surface area contributed by atoms with Crippen LogP contribution in [0.15, 0.2) is 27.2 Å². The Morgan fingerprint density at radius 2 is 2.00 bits per heavy atom. The summed E-state index contributed by atoms with van der Waals surface area (Å²) in [4.78, 5) is 2.26. The van der Waals surface area contributed by atoms with Gasteiger partial charge in [0.05, 0.1) is 37.0 Å². The zero-order valence-corrected chi connectivity index (χ0v) is 17.1. The van der Waals surface area contributed by atoms with E-state index < -0.39 is 0 Å². The monoisotopic (exact) mass is 447 g/mol. The number of aromatic nitrogens is 4. The molecule has 0 unspecified atom stereocenters. The summed E-state index contributed by atoms with van der Waals surface area (Å²) in [5.74, 6) is 1.13. The van der Waals surface area contributed by atoms with Crippen molar-refractivity contribution in [3.63, 3.8) is 0 Å². The molecule has 4 heterocycles. The van der Waals surface area contributed by atoms with E-state index in [-0.39, 0.29) is 6.23 Å². The highest BCUT2D eigenvalue weighted by molar-refractivity contribution is 9.10. The molecule has 8 nitrogen and oxygen atoms in total. The van der Waals surface area contributed by atoms with Crippen LogP contribution in [0, 0.1) is 0 Å². The van der Waals surface area contributed by atoms with Crippen molar-refractivity contribution in [3.05, 3.63) is 28.7 Å². The summed E-state index contributed by atoms with van der Waals surface area (Å²) < 4.78 is 20.2. The van der Waals surface area contributed by atoms with Crippen molar-refractivity contribution in [1.82, 2.24) is 24.9 Å². The van der Waals surface area contributed by atoms with Gasteiger partial charge in [-0.05, 0) is 31.4 Å². The molecule has 0 amide bonds. The summed E-state index contributed by atoms with van der Waals surface area (Å²) in [6.07, 6.45) is 5.08. The third kappa shape index (κ3) is 3.59. The van der Waals surface area contributed by atoms with Gasteiger partial charge >= 0.3 is 0 Å². The van der Waals surface area contributed by atoms with Gasteiger partial charge in [0, 0.05) is 29.6 Å². The normalized spacial score (nSPS) is 21.4. The van der Waals surface area contributed by atoms with E-state index in [1.807, 2.05) is 16.9 Å². The van der Waals surface area contributed by atoms with Gasteiger partial charge in [0.15, 0.2) is 6.23 Å². The summed E-state index contributed by atoms with van der Waals surface area (Å²) in [5.41, 5.74) is 1.89. The van der Waals surface area contributed by atoms with Gasteiger partial charge in [-0.25, -0.2) is 4.68 Å². The first-order chi connectivity index (χ1) is 13.8. The summed E-state index contributed by atoms with van der Waals surface area (Å²) >= 11 is 3.62. The minimum absolute atomic E-state index is 0.0204. The first kappa shape index (κ1) is 18.2. The van der Waals surface area contributed by atoms with Crippen LogP contribution in [-0.2, 0) is 16.0 Å². The zero-order chi connectivity index (χ0) is 18.9. The van der Waals surface area contributed by atoms with Crippen LogP contribution in [0.2, 0.25) is 0 Å². The van der Waals surface area contributed by atoms with Crippen LogP contribution in [0.1, 0.15) is 31.4 Å². The maximum absolute atomic E-state index is 6.00. The first-order valence-corrected chi connectivity index (χ1v) is 10.5. The Labute approximate surface area is 170 Å². The van der Waals surface area contributed by atoms with E-state index in [0.29, 0.717) is 18.3 Å². The van der Waals surface area contributed by atoms with Crippen LogP contribution in [0.5, 0.6) is 0 Å². The molecular weight excluding hydrogens is 426 g/mol. The lowest BCUT2D eigenvalue weighted by Gasteiger charge is -2.24. The Morgan fingerprint density at radius 3 is 2.82 bits per heavy atom. The number of fused-ring (bicyclic) bond motifs is 1. The van der Waals surface area contributed by atoms with Crippen LogP contribution >= 0.6 is 15.9 Å². The third-order valence-electron chi connectivity index (χ3n) is 5.27. The molecule has 0 saturated carbocycles. The summed E-state index contributed by atoms with van der Waals surface area (Å²) in [6, 6.07) is 4.07. The van der Waals surface area contributed by atoms with Crippen molar-refractivity contribution in [2.75, 3.05) is 32.9 Å². The number of nitrogens with zero attached hydrogens (tertiary/aromatic N) is 5. The minimum Gasteiger partial charge on any atom is -0.419 e. The maximum Gasteiger partial charge on any atom is 0.248 e. The van der Waals surface area contributed by atoms with Crippen molar-refractivity contribution in [2.45, 2.75) is 32.0 Å². The van der Waals surface area contributed by atoms with Gasteiger partial charge in [-0.1, -0.05) is 15.9 Å². The molecule has 1 atom stereocenters. The second-order valence-corrected chi connectivity index (χ2v) is 8.10. The number of morpholine rings is 1. The van der Waals surface area contributed by atoms with Crippen LogP contribution in [0.4, 0.5) is 0 Å². The van der Waals surface area contributed by atoms with Crippen molar-refractivity contribution in [3.8, 4) is 11.5 Å². The Hall–Kier alpha value is -1.81. The second kappa shape index (κ2) is 7.90. The van der Waals surface area contributed by atoms with E-state index in [0.717, 1.165) is 73.1 Å². The van der Waals surface area contributed by atoms with Crippen molar-refractivity contribution in [1.29, 1.82) is 0 Å². The van der Waals surface area contributed by atoms with E-state index >= 15 is 0 Å². The molecule has 0 aliphatic carbocycles. The van der Waals surface area contributed by atoms with Gasteiger partial charge < -0.3 is 13.9 Å². The molecule has 2 saturated heterocycles. The number of rotatable bonds is 4. The molecule has 3 aromatic rings. The van der Waals surface area contributed by atoms with Crippen LogP contribution in [0.25, 0.3) is 22.4 Å². The average Bonchev–Trinajstić information content (AvgIpc) is 3.36. The molecule has 1 aromatic carbocycles. The quantitative estimate of drug-likeness (QED) is 0.606. The standard InChI is InChI=1S/C19H22BrN5O3/c20-13-9-14(19-23-22-17(28-19)12-24-4-7-26-8-5-24)15-11-21-25(16(15)10-13)18-3-1-2-6-27-18/h9-11,18H,1-8,12H2/t18-/m0/s1. The van der Waals surface area contributed by atoms with Gasteiger partial charge in [0.1, 0.15) is 0 Å². The summed E-state index contributed by atoms with van der Waals surface area (Å²) in [6.45, 7) is 4.68. The van der Waals surface area contributed by atoms with Gasteiger partial charge in [0.2, 0.25) is 11.8 Å². The van der Waals surface area contributed by atoms with E-state index in [1.165, 1.54) is 0 Å². The Bertz CT molecular complexity index is 960. The molecule has 9 heteroatoms. The third-order valence-corrected chi connectivity index (χ3v) is 5.73. The lowest BCUT2D eigenvalue weighted by Crippen LogP contribution is -2.35. The summed E-state index contributed by atoms with van der Waals surface area (Å²) in [7, 11) is 0. The average molecular weight is 448 g/mol. The molecule has 2 fully saturated rings. The highest BCUT2D eigenvalue weighted by Gasteiger charge is 2.22. The van der Waals surface area contributed by atoms with Crippen LogP contribution < -0.4 is 0 Å². The highest BCUT2D eigenvalue weighted by atomic mass is 79.9. The van der Waals surface area contributed by atoms with Crippen molar-refractivity contribution in [2.24, 2.45) is 0 Å². The molecule has 2 aliphatic heterocycles. The van der Waals surface area contributed by atoms with E-state index in [4.69, 9.17) is 13.9 Å². The number of ether oxygens (including phenoxy) is 2. The Balaban J connectivity index is 1.46. The predicted octanol–water partition coefficient (Wildman–Crippen LogP) is 3.38. The number of hydrogen-bond acceptors (Lipinski definition) is 7. The second-order valence-electron chi connectivity index (χ2n) is 7.19. The molecular formula is C19H22BrN5O3. The number of benzene rings is 1. The maximum atomic E-state index is 6.00. The van der Waals surface area contributed by atoms with Crippen LogP contribution in [0.3, 0.4) is 0 Å². The van der Waals surface area contributed by atoms with E-state index in [2.05, 4.69) is 42.2 Å². The number of hydrogen-bond donors (Lipinski definition) is 0. The van der Waals surface area contributed by atoms with Gasteiger partial charge in [-0.2, -0.15) is 5.10 Å². The number of halogens is 1. The Kier molecular flexibility index (Phi) is 5.15. The highest BCUT2D eigenvalue weighted by Crippen LogP contribution is 2.34. The molecule has 148 valence electrons. The van der Waals surface area contributed by atoms with Crippen LogP contribution in [-0.4, -0.2) is 57.8 Å². The molecule has 28 heavy (non-hydrogen) atoms. The molecule has 2 aromatic heterocycles. The van der Waals surface area contributed by atoms with E-state index in [9.17, 15) is 0 Å². The summed E-state index contributed by atoms with van der Waals surface area (Å²) in [5, 5.41) is 14.1. The van der Waals surface area contributed by atoms with Gasteiger partial charge in [0.25, 0.3) is 0 Å². The molecule has 0 spiro atoms. The fourth-order valence-electron chi connectivity index (χ4n) is 3.81. The topological polar surface area (TPSA) is 78.4 Å². The fraction of sp³-hybridized carbons (Fsp3) is 0.526. The predicted molar refractivity (Wildman–Crippen MR) is 106 cm³/mol. The molecule has 0 radical (unpaired) electrons. The SMILES string of the molecule is Brc1cc(-c2nnc(CN3CCOCC3)o2)c2cnn([C@@H]3CCCCO3)c2c1.